The molecule has 0 aliphatic carbocycles. The van der Waals surface area contributed by atoms with Crippen LogP contribution in [-0.2, 0) is 65.4 Å². The van der Waals surface area contributed by atoms with Crippen LogP contribution in [0, 0.1) is 11.8 Å². The fourth-order valence-electron chi connectivity index (χ4n) is 12.5. The Kier molecular flexibility index (Phi) is 71.2. The SMILES string of the molecule is CCCCCCCCCCCCCCCCCCCCCCCC(=O)O[C@H](COC(=O)CCCCCCCCCCCCCCCCC(C)CC)COP(=O)(O)OC[C@@H](O)COP(=O)(O)OC[C@@H](COC(=O)CCCCCCCCCCC)OC(=O)CCCCCCCCCCC(C)CC. The van der Waals surface area contributed by atoms with Crippen LogP contribution in [0.5, 0.6) is 0 Å². The Morgan fingerprint density at radius 1 is 0.280 bits per heavy atom. The van der Waals surface area contributed by atoms with E-state index >= 15 is 0 Å². The van der Waals surface area contributed by atoms with Crippen molar-refractivity contribution in [2.75, 3.05) is 39.6 Å². The van der Waals surface area contributed by atoms with Crippen LogP contribution in [-0.4, -0.2) is 96.7 Å². The van der Waals surface area contributed by atoms with E-state index in [1.165, 1.54) is 244 Å². The predicted molar refractivity (Wildman–Crippen MR) is 409 cm³/mol. The number of unbranched alkanes of at least 4 members (excludes halogenated alkanes) is 48. The average molecular weight is 1470 g/mol. The number of phosphoric acid groups is 2. The first-order valence-electron chi connectivity index (χ1n) is 42.1. The minimum absolute atomic E-state index is 0.105. The molecule has 0 saturated carbocycles. The summed E-state index contributed by atoms with van der Waals surface area (Å²) in [6.45, 7) is 9.66. The summed E-state index contributed by atoms with van der Waals surface area (Å²) >= 11 is 0. The van der Waals surface area contributed by atoms with E-state index < -0.39 is 97.5 Å². The molecule has 0 rings (SSSR count). The number of aliphatic hydroxyl groups is 1. The van der Waals surface area contributed by atoms with E-state index in [1.54, 1.807) is 0 Å². The smallest absolute Gasteiger partial charge is 0.462 e. The third-order valence-electron chi connectivity index (χ3n) is 19.7. The second-order valence-electron chi connectivity index (χ2n) is 29.6. The topological polar surface area (TPSA) is 237 Å². The van der Waals surface area contributed by atoms with Gasteiger partial charge in [0.15, 0.2) is 12.2 Å². The monoisotopic (exact) mass is 1470 g/mol. The molecule has 0 aliphatic rings. The summed E-state index contributed by atoms with van der Waals surface area (Å²) in [5.74, 6) is -0.493. The molecular formula is C81H158O17P2. The molecule has 0 saturated heterocycles. The predicted octanol–water partition coefficient (Wildman–Crippen LogP) is 24.3. The van der Waals surface area contributed by atoms with Gasteiger partial charge in [0.1, 0.15) is 19.3 Å². The molecule has 0 aliphatic heterocycles. The number of hydrogen-bond donors (Lipinski definition) is 3. The van der Waals surface area contributed by atoms with Crippen LogP contribution < -0.4 is 0 Å². The van der Waals surface area contributed by atoms with Crippen molar-refractivity contribution in [3.63, 3.8) is 0 Å². The van der Waals surface area contributed by atoms with Crippen molar-refractivity contribution in [1.29, 1.82) is 0 Å². The molecule has 0 spiro atoms. The van der Waals surface area contributed by atoms with Crippen molar-refractivity contribution in [2.24, 2.45) is 11.8 Å². The van der Waals surface area contributed by atoms with E-state index in [2.05, 4.69) is 41.5 Å². The molecule has 0 radical (unpaired) electrons. The average Bonchev–Trinajstić information content (AvgIpc) is 0.959. The minimum atomic E-state index is -4.96. The number of ether oxygens (including phenoxy) is 4. The molecule has 0 heterocycles. The molecule has 4 unspecified atom stereocenters. The highest BCUT2D eigenvalue weighted by molar-refractivity contribution is 7.47. The van der Waals surface area contributed by atoms with Crippen LogP contribution in [0.1, 0.15) is 427 Å². The fraction of sp³-hybridized carbons (Fsp3) is 0.951. The lowest BCUT2D eigenvalue weighted by Gasteiger charge is -2.21. The highest BCUT2D eigenvalue weighted by Gasteiger charge is 2.30. The summed E-state index contributed by atoms with van der Waals surface area (Å²) in [6.07, 6.45) is 62.5. The molecule has 3 N–H and O–H groups in total. The lowest BCUT2D eigenvalue weighted by Crippen LogP contribution is -2.30. The van der Waals surface area contributed by atoms with E-state index in [0.717, 1.165) is 102 Å². The summed E-state index contributed by atoms with van der Waals surface area (Å²) in [6, 6.07) is 0. The Balaban J connectivity index is 5.21. The third kappa shape index (κ3) is 71.7. The molecule has 7 atom stereocenters. The first-order valence-corrected chi connectivity index (χ1v) is 45.1. The van der Waals surface area contributed by atoms with Crippen molar-refractivity contribution in [3.05, 3.63) is 0 Å². The van der Waals surface area contributed by atoms with Gasteiger partial charge < -0.3 is 33.8 Å². The lowest BCUT2D eigenvalue weighted by atomic mass is 9.99. The van der Waals surface area contributed by atoms with Crippen molar-refractivity contribution >= 4 is 39.5 Å². The van der Waals surface area contributed by atoms with Gasteiger partial charge in [0.2, 0.25) is 0 Å². The number of carbonyl (C=O) groups excluding carboxylic acids is 4. The highest BCUT2D eigenvalue weighted by Crippen LogP contribution is 2.45. The zero-order valence-corrected chi connectivity index (χ0v) is 67.3. The van der Waals surface area contributed by atoms with Gasteiger partial charge >= 0.3 is 39.5 Å². The van der Waals surface area contributed by atoms with Gasteiger partial charge in [-0.2, -0.15) is 0 Å². The maximum Gasteiger partial charge on any atom is 0.472 e. The largest absolute Gasteiger partial charge is 0.472 e. The van der Waals surface area contributed by atoms with E-state index in [1.807, 2.05) is 0 Å². The molecule has 0 fully saturated rings. The van der Waals surface area contributed by atoms with Gasteiger partial charge in [0.25, 0.3) is 0 Å². The molecule has 594 valence electrons. The Hall–Kier alpha value is -1.94. The number of carbonyl (C=O) groups is 4. The number of phosphoric ester groups is 2. The van der Waals surface area contributed by atoms with Crippen LogP contribution in [0.3, 0.4) is 0 Å². The van der Waals surface area contributed by atoms with E-state index in [9.17, 15) is 43.2 Å². The van der Waals surface area contributed by atoms with E-state index in [-0.39, 0.29) is 25.7 Å². The molecule has 100 heavy (non-hydrogen) atoms. The van der Waals surface area contributed by atoms with Crippen LogP contribution in [0.25, 0.3) is 0 Å². The summed E-state index contributed by atoms with van der Waals surface area (Å²) in [4.78, 5) is 72.9. The van der Waals surface area contributed by atoms with Crippen LogP contribution in [0.15, 0.2) is 0 Å². The number of esters is 4. The van der Waals surface area contributed by atoms with Gasteiger partial charge in [-0.05, 0) is 37.5 Å². The molecule has 0 amide bonds. The highest BCUT2D eigenvalue weighted by atomic mass is 31.2. The van der Waals surface area contributed by atoms with Crippen LogP contribution in [0.4, 0.5) is 0 Å². The molecule has 0 aromatic heterocycles. The van der Waals surface area contributed by atoms with E-state index in [4.69, 9.17) is 37.0 Å². The van der Waals surface area contributed by atoms with Gasteiger partial charge in [-0.15, -0.1) is 0 Å². The van der Waals surface area contributed by atoms with E-state index in [0.29, 0.717) is 25.7 Å². The molecular weight excluding hydrogens is 1310 g/mol. The van der Waals surface area contributed by atoms with Gasteiger partial charge in [-0.1, -0.05) is 375 Å². The number of aliphatic hydroxyl groups excluding tert-OH is 1. The Morgan fingerprint density at radius 3 is 0.710 bits per heavy atom. The normalized spacial score (nSPS) is 14.4. The zero-order chi connectivity index (χ0) is 73.5. The van der Waals surface area contributed by atoms with Gasteiger partial charge in [-0.3, -0.25) is 37.3 Å². The first kappa shape index (κ1) is 98.1. The minimum Gasteiger partial charge on any atom is -0.462 e. The quantitative estimate of drug-likeness (QED) is 0.0222. The van der Waals surface area contributed by atoms with Crippen LogP contribution >= 0.6 is 15.6 Å². The van der Waals surface area contributed by atoms with Crippen LogP contribution in [0.2, 0.25) is 0 Å². The van der Waals surface area contributed by atoms with Crippen molar-refractivity contribution in [2.45, 2.75) is 445 Å². The molecule has 19 heteroatoms. The Labute approximate surface area is 613 Å². The maximum absolute atomic E-state index is 13.1. The van der Waals surface area contributed by atoms with Gasteiger partial charge in [0, 0.05) is 25.7 Å². The summed E-state index contributed by atoms with van der Waals surface area (Å²) in [5, 5.41) is 10.6. The third-order valence-corrected chi connectivity index (χ3v) is 21.6. The molecule has 0 bridgehead atoms. The Morgan fingerprint density at radius 2 is 0.480 bits per heavy atom. The van der Waals surface area contributed by atoms with Crippen molar-refractivity contribution < 1.29 is 80.2 Å². The fourth-order valence-corrected chi connectivity index (χ4v) is 14.1. The maximum atomic E-state index is 13.1. The van der Waals surface area contributed by atoms with Crippen molar-refractivity contribution in [3.8, 4) is 0 Å². The first-order chi connectivity index (χ1) is 48.4. The summed E-state index contributed by atoms with van der Waals surface area (Å²) in [5.41, 5.74) is 0. The second-order valence-corrected chi connectivity index (χ2v) is 32.6. The van der Waals surface area contributed by atoms with Crippen molar-refractivity contribution in [1.82, 2.24) is 0 Å². The summed E-state index contributed by atoms with van der Waals surface area (Å²) < 4.78 is 68.6. The standard InChI is InChI=1S/C81H158O17P2/c1-7-11-13-15-17-19-20-21-22-23-24-25-26-27-28-33-36-40-47-53-59-65-80(85)97-76(70-92-79(84)64-58-52-46-39-35-32-30-29-31-34-38-43-49-55-61-73(5)9-3)71-95-99(87,88)93-67-75(82)68-94-100(89,90)96-72-77(69-91-78(83)63-57-51-45-37-18-16-14-12-8-2)98-81(86)66-60-54-48-42-41-44-50-56-62-74(6)10-4/h73-77,82H,7-72H2,1-6H3,(H,87,88)(H,89,90)/t73?,74?,75-,76-,77-/m1/s1. The van der Waals surface area contributed by atoms with Gasteiger partial charge in [-0.25, -0.2) is 9.13 Å². The number of hydrogen-bond acceptors (Lipinski definition) is 15. The molecule has 0 aromatic rings. The van der Waals surface area contributed by atoms with Gasteiger partial charge in [0.05, 0.1) is 26.4 Å². The zero-order valence-electron chi connectivity index (χ0n) is 65.5. The Bertz CT molecular complexity index is 1930. The summed E-state index contributed by atoms with van der Waals surface area (Å²) in [7, 11) is -9.92. The molecule has 17 nitrogen and oxygen atoms in total. The number of rotatable bonds is 80. The lowest BCUT2D eigenvalue weighted by molar-refractivity contribution is -0.161. The molecule has 0 aromatic carbocycles. The second kappa shape index (κ2) is 72.6.